The molecule has 0 atom stereocenters. The molecule has 0 saturated heterocycles. The summed E-state index contributed by atoms with van der Waals surface area (Å²) in [4.78, 5) is 0. The van der Waals surface area contributed by atoms with Crippen molar-refractivity contribution in [3.63, 3.8) is 0 Å². The number of rotatable bonds is 3. The molecule has 0 amide bonds. The van der Waals surface area contributed by atoms with Gasteiger partial charge in [-0.15, -0.1) is 0 Å². The summed E-state index contributed by atoms with van der Waals surface area (Å²) in [5.41, 5.74) is 2.53. The van der Waals surface area contributed by atoms with Gasteiger partial charge < -0.3 is 9.16 Å². The monoisotopic (exact) mass is 276 g/mol. The van der Waals surface area contributed by atoms with Gasteiger partial charge >= 0.3 is 0 Å². The lowest BCUT2D eigenvalue weighted by molar-refractivity contribution is 0.414. The molecule has 0 bridgehead atoms. The molecule has 0 saturated carbocycles. The fourth-order valence-corrected chi connectivity index (χ4v) is 2.99. The zero-order valence-corrected chi connectivity index (χ0v) is 13.8. The molecule has 0 heterocycles. The smallest absolute Gasteiger partial charge is 0.250 e. The van der Waals surface area contributed by atoms with Crippen molar-refractivity contribution < 1.29 is 9.16 Å². The first kappa shape index (κ1) is 14.2. The van der Waals surface area contributed by atoms with Crippen molar-refractivity contribution >= 4 is 14.1 Å². The van der Waals surface area contributed by atoms with E-state index in [-0.39, 0.29) is 5.04 Å². The normalized spacial score (nSPS) is 14.9. The van der Waals surface area contributed by atoms with Crippen molar-refractivity contribution in [3.05, 3.63) is 35.4 Å². The highest BCUT2D eigenvalue weighted by Crippen LogP contribution is 2.41. The number of fused-ring (bicyclic) bond motifs is 1. The number of allylic oxidation sites excluding steroid dienone is 1. The van der Waals surface area contributed by atoms with Gasteiger partial charge in [0.25, 0.3) is 0 Å². The van der Waals surface area contributed by atoms with E-state index in [1.807, 2.05) is 6.07 Å². The maximum atomic E-state index is 6.42. The molecule has 1 aliphatic rings. The number of hydrogen-bond acceptors (Lipinski definition) is 2. The van der Waals surface area contributed by atoms with Gasteiger partial charge in [-0.25, -0.2) is 0 Å². The number of methoxy groups -OCH3 is 1. The van der Waals surface area contributed by atoms with Gasteiger partial charge in [0.15, 0.2) is 0 Å². The van der Waals surface area contributed by atoms with E-state index < -0.39 is 8.32 Å². The second-order valence-corrected chi connectivity index (χ2v) is 11.4. The topological polar surface area (TPSA) is 18.5 Å². The van der Waals surface area contributed by atoms with Crippen molar-refractivity contribution in [1.29, 1.82) is 0 Å². The Hall–Kier alpha value is -1.22. The Labute approximate surface area is 117 Å². The first-order valence-electron chi connectivity index (χ1n) is 6.81. The summed E-state index contributed by atoms with van der Waals surface area (Å²) >= 11 is 0. The molecule has 1 aromatic rings. The number of ether oxygens (including phenoxy) is 1. The van der Waals surface area contributed by atoms with Crippen LogP contribution in [0.4, 0.5) is 0 Å². The van der Waals surface area contributed by atoms with Crippen LogP contribution in [-0.4, -0.2) is 15.4 Å². The van der Waals surface area contributed by atoms with Crippen molar-refractivity contribution in [2.45, 2.75) is 45.3 Å². The van der Waals surface area contributed by atoms with E-state index in [1.54, 1.807) is 7.11 Å². The summed E-state index contributed by atoms with van der Waals surface area (Å²) in [5, 5.41) is 0.225. The highest BCUT2D eigenvalue weighted by Gasteiger charge is 2.40. The number of benzene rings is 1. The predicted octanol–water partition coefficient (Wildman–Crippen LogP) is 4.61. The van der Waals surface area contributed by atoms with Gasteiger partial charge in [-0.3, -0.25) is 0 Å². The van der Waals surface area contributed by atoms with Gasteiger partial charge in [0.05, 0.1) is 7.11 Å². The Balaban J connectivity index is 2.24. The van der Waals surface area contributed by atoms with Crippen LogP contribution in [0.15, 0.2) is 24.3 Å². The molecule has 0 aliphatic heterocycles. The molecule has 104 valence electrons. The Morgan fingerprint density at radius 3 is 2.42 bits per heavy atom. The molecule has 2 rings (SSSR count). The third-order valence-electron chi connectivity index (χ3n) is 4.26. The molecule has 3 heteroatoms. The fourth-order valence-electron chi connectivity index (χ4n) is 1.94. The first-order chi connectivity index (χ1) is 8.74. The van der Waals surface area contributed by atoms with Gasteiger partial charge in [0.2, 0.25) is 8.32 Å². The van der Waals surface area contributed by atoms with E-state index >= 15 is 0 Å². The third kappa shape index (κ3) is 2.71. The van der Waals surface area contributed by atoms with Crippen LogP contribution >= 0.6 is 0 Å². The summed E-state index contributed by atoms with van der Waals surface area (Å²) in [6, 6.07) is 6.22. The lowest BCUT2D eigenvalue weighted by Gasteiger charge is -2.37. The molecular weight excluding hydrogens is 252 g/mol. The van der Waals surface area contributed by atoms with Gasteiger partial charge in [-0.05, 0) is 54.4 Å². The molecule has 2 nitrogen and oxygen atoms in total. The van der Waals surface area contributed by atoms with Gasteiger partial charge in [-0.1, -0.05) is 20.8 Å². The molecule has 0 N–H and O–H groups in total. The van der Waals surface area contributed by atoms with E-state index in [1.165, 1.54) is 11.1 Å². The zero-order valence-electron chi connectivity index (χ0n) is 12.8. The highest BCUT2D eigenvalue weighted by molar-refractivity contribution is 6.74. The predicted molar refractivity (Wildman–Crippen MR) is 83.0 cm³/mol. The molecule has 1 aliphatic carbocycles. The van der Waals surface area contributed by atoms with Crippen LogP contribution in [-0.2, 0) is 10.8 Å². The molecule has 1 aromatic carbocycles. The van der Waals surface area contributed by atoms with Crippen molar-refractivity contribution in [2.75, 3.05) is 7.11 Å². The first-order valence-corrected chi connectivity index (χ1v) is 9.72. The maximum Gasteiger partial charge on any atom is 0.250 e. The van der Waals surface area contributed by atoms with Gasteiger partial charge in [0.1, 0.15) is 11.5 Å². The SMILES string of the molecule is COc1ccc2c(c1)CC=C2O[Si](C)(C)C(C)(C)C. The summed E-state index contributed by atoms with van der Waals surface area (Å²) in [7, 11) is -0.0543. The van der Waals surface area contributed by atoms with Crippen molar-refractivity contribution in [2.24, 2.45) is 0 Å². The number of hydrogen-bond donors (Lipinski definition) is 0. The molecule has 0 unspecified atom stereocenters. The average molecular weight is 276 g/mol. The van der Waals surface area contributed by atoms with Crippen molar-refractivity contribution in [3.8, 4) is 5.75 Å². The van der Waals surface area contributed by atoms with Crippen LogP contribution in [0, 0.1) is 0 Å². The van der Waals surface area contributed by atoms with E-state index in [9.17, 15) is 0 Å². The Bertz CT molecular complexity index is 510. The minimum absolute atomic E-state index is 0.225. The van der Waals surface area contributed by atoms with Crippen LogP contribution in [0.2, 0.25) is 18.1 Å². The summed E-state index contributed by atoms with van der Waals surface area (Å²) in [6.07, 6.45) is 3.14. The quantitative estimate of drug-likeness (QED) is 0.750. The van der Waals surface area contributed by atoms with Crippen LogP contribution in [0.3, 0.4) is 0 Å². The van der Waals surface area contributed by atoms with E-state index in [4.69, 9.17) is 9.16 Å². The van der Waals surface area contributed by atoms with E-state index in [0.717, 1.165) is 17.9 Å². The van der Waals surface area contributed by atoms with Gasteiger partial charge in [-0.2, -0.15) is 0 Å². The standard InChI is InChI=1S/C16H24O2Si/c1-16(2,3)19(5,6)18-15-10-7-12-11-13(17-4)8-9-14(12)15/h8-11H,7H2,1-6H3. The van der Waals surface area contributed by atoms with E-state index in [2.05, 4.69) is 52.1 Å². The molecule has 0 spiro atoms. The highest BCUT2D eigenvalue weighted by atomic mass is 28.4. The molecule has 19 heavy (non-hydrogen) atoms. The molecule has 0 fully saturated rings. The fraction of sp³-hybridized carbons (Fsp3) is 0.500. The van der Waals surface area contributed by atoms with E-state index in [0.29, 0.717) is 0 Å². The van der Waals surface area contributed by atoms with Crippen molar-refractivity contribution in [1.82, 2.24) is 0 Å². The zero-order chi connectivity index (χ0) is 14.3. The summed E-state index contributed by atoms with van der Waals surface area (Å²) in [6.45, 7) is 11.4. The summed E-state index contributed by atoms with van der Waals surface area (Å²) < 4.78 is 11.7. The van der Waals surface area contributed by atoms with Crippen LogP contribution in [0.1, 0.15) is 31.9 Å². The largest absolute Gasteiger partial charge is 0.543 e. The second kappa shape index (κ2) is 4.71. The lowest BCUT2D eigenvalue weighted by Crippen LogP contribution is -2.40. The Morgan fingerprint density at radius 1 is 1.16 bits per heavy atom. The molecule has 0 radical (unpaired) electrons. The molecular formula is C16H24O2Si. The third-order valence-corrected chi connectivity index (χ3v) is 8.60. The summed E-state index contributed by atoms with van der Waals surface area (Å²) in [5.74, 6) is 1.98. The minimum atomic E-state index is -1.76. The maximum absolute atomic E-state index is 6.42. The van der Waals surface area contributed by atoms with Crippen LogP contribution < -0.4 is 4.74 Å². The van der Waals surface area contributed by atoms with Crippen LogP contribution in [0.5, 0.6) is 5.75 Å². The Kier molecular flexibility index (Phi) is 3.52. The van der Waals surface area contributed by atoms with Gasteiger partial charge in [0, 0.05) is 5.56 Å². The molecule has 0 aromatic heterocycles. The average Bonchev–Trinajstić information content (AvgIpc) is 2.69. The minimum Gasteiger partial charge on any atom is -0.543 e. The second-order valence-electron chi connectivity index (χ2n) is 6.66. The Morgan fingerprint density at radius 2 is 1.84 bits per heavy atom. The van der Waals surface area contributed by atoms with Crippen LogP contribution in [0.25, 0.3) is 5.76 Å². The lowest BCUT2D eigenvalue weighted by atomic mass is 10.1.